The first-order valence-corrected chi connectivity index (χ1v) is 5.04. The Kier molecular flexibility index (Phi) is 3.91. The zero-order chi connectivity index (χ0) is 11.4. The van der Waals surface area contributed by atoms with Gasteiger partial charge in [-0.25, -0.2) is 0 Å². The number of rotatable bonds is 4. The summed E-state index contributed by atoms with van der Waals surface area (Å²) in [5.74, 6) is 0.621. The van der Waals surface area contributed by atoms with E-state index in [1.54, 1.807) is 6.92 Å². The number of nitro benzene ring substituents is 1. The van der Waals surface area contributed by atoms with E-state index in [9.17, 15) is 10.1 Å². The van der Waals surface area contributed by atoms with Gasteiger partial charge in [0.1, 0.15) is 6.61 Å². The molecule has 0 aromatic heterocycles. The van der Waals surface area contributed by atoms with E-state index in [4.69, 9.17) is 16.3 Å². The maximum Gasteiger partial charge on any atom is 0.311 e. The summed E-state index contributed by atoms with van der Waals surface area (Å²) in [6.07, 6.45) is 0. The van der Waals surface area contributed by atoms with E-state index >= 15 is 0 Å². The average molecular weight is 230 g/mol. The highest BCUT2D eigenvalue weighted by molar-refractivity contribution is 6.18. The minimum Gasteiger partial charge on any atom is -0.485 e. The van der Waals surface area contributed by atoms with E-state index in [1.807, 2.05) is 13.0 Å². The first kappa shape index (κ1) is 11.8. The number of halogens is 1. The summed E-state index contributed by atoms with van der Waals surface area (Å²) in [6, 6.07) is 3.34. The van der Waals surface area contributed by atoms with Crippen LogP contribution in [0.4, 0.5) is 5.69 Å². The molecule has 0 aliphatic heterocycles. The van der Waals surface area contributed by atoms with Crippen molar-refractivity contribution in [3.63, 3.8) is 0 Å². The van der Waals surface area contributed by atoms with Crippen LogP contribution in [0.15, 0.2) is 12.1 Å². The Morgan fingerprint density at radius 2 is 2.13 bits per heavy atom. The van der Waals surface area contributed by atoms with Crippen molar-refractivity contribution in [3.8, 4) is 5.75 Å². The summed E-state index contributed by atoms with van der Waals surface area (Å²) < 4.78 is 5.26. The molecule has 0 heterocycles. The molecule has 82 valence electrons. The van der Waals surface area contributed by atoms with E-state index in [0.29, 0.717) is 11.6 Å². The van der Waals surface area contributed by atoms with Crippen LogP contribution in [0.5, 0.6) is 5.75 Å². The van der Waals surface area contributed by atoms with Crippen LogP contribution in [0.1, 0.15) is 11.1 Å². The lowest BCUT2D eigenvalue weighted by molar-refractivity contribution is -0.385. The van der Waals surface area contributed by atoms with Gasteiger partial charge in [-0.1, -0.05) is 6.07 Å². The average Bonchev–Trinajstić information content (AvgIpc) is 2.15. The number of ether oxygens (including phenoxy) is 1. The van der Waals surface area contributed by atoms with Gasteiger partial charge in [0.05, 0.1) is 10.8 Å². The molecule has 0 bridgehead atoms. The number of aryl methyl sites for hydroxylation is 2. The smallest absolute Gasteiger partial charge is 0.311 e. The van der Waals surface area contributed by atoms with Crippen LogP contribution in [0.3, 0.4) is 0 Å². The maximum absolute atomic E-state index is 10.8. The molecule has 0 radical (unpaired) electrons. The summed E-state index contributed by atoms with van der Waals surface area (Å²) in [5.41, 5.74) is 1.60. The molecule has 0 unspecified atom stereocenters. The van der Waals surface area contributed by atoms with Crippen LogP contribution in [0.25, 0.3) is 0 Å². The van der Waals surface area contributed by atoms with Gasteiger partial charge in [-0.15, -0.1) is 11.6 Å². The molecular formula is C10H12ClNO3. The van der Waals surface area contributed by atoms with Gasteiger partial charge < -0.3 is 4.74 Å². The van der Waals surface area contributed by atoms with Gasteiger partial charge in [0.15, 0.2) is 5.75 Å². The van der Waals surface area contributed by atoms with Crippen LogP contribution in [0, 0.1) is 24.0 Å². The Balaban J connectivity index is 3.15. The standard InChI is InChI=1S/C10H12ClNO3/c1-7-5-8(2)10(15-4-3-11)9(6-7)12(13)14/h5-6H,3-4H2,1-2H3. The molecule has 0 N–H and O–H groups in total. The molecule has 0 saturated carbocycles. The predicted molar refractivity (Wildman–Crippen MR) is 58.8 cm³/mol. The van der Waals surface area contributed by atoms with Crippen molar-refractivity contribution >= 4 is 17.3 Å². The third-order valence-corrected chi connectivity index (χ3v) is 2.07. The van der Waals surface area contributed by atoms with Crippen LogP contribution in [-0.2, 0) is 0 Å². The Bertz CT molecular complexity index is 379. The lowest BCUT2D eigenvalue weighted by Gasteiger charge is -2.08. The fraction of sp³-hybridized carbons (Fsp3) is 0.400. The Morgan fingerprint density at radius 1 is 1.47 bits per heavy atom. The Labute approximate surface area is 93.0 Å². The second kappa shape index (κ2) is 4.98. The molecule has 1 aromatic carbocycles. The summed E-state index contributed by atoms with van der Waals surface area (Å²) >= 11 is 5.47. The number of hydrogen-bond acceptors (Lipinski definition) is 3. The van der Waals surface area contributed by atoms with Gasteiger partial charge in [0, 0.05) is 6.07 Å². The van der Waals surface area contributed by atoms with Crippen molar-refractivity contribution in [1.82, 2.24) is 0 Å². The highest BCUT2D eigenvalue weighted by Crippen LogP contribution is 2.31. The summed E-state index contributed by atoms with van der Waals surface area (Å²) in [6.45, 7) is 3.86. The molecule has 5 heteroatoms. The number of hydrogen-bond donors (Lipinski definition) is 0. The lowest BCUT2D eigenvalue weighted by Crippen LogP contribution is -2.03. The molecule has 1 rings (SSSR count). The van der Waals surface area contributed by atoms with Crippen LogP contribution < -0.4 is 4.74 Å². The van der Waals surface area contributed by atoms with Crippen LogP contribution in [-0.4, -0.2) is 17.4 Å². The second-order valence-corrected chi connectivity index (χ2v) is 3.60. The van der Waals surface area contributed by atoms with E-state index in [0.717, 1.165) is 11.1 Å². The van der Waals surface area contributed by atoms with E-state index in [2.05, 4.69) is 0 Å². The van der Waals surface area contributed by atoms with Crippen LogP contribution in [0.2, 0.25) is 0 Å². The van der Waals surface area contributed by atoms with Gasteiger partial charge in [0.2, 0.25) is 0 Å². The molecule has 0 fully saturated rings. The van der Waals surface area contributed by atoms with Gasteiger partial charge >= 0.3 is 5.69 Å². The zero-order valence-corrected chi connectivity index (χ0v) is 9.37. The highest BCUT2D eigenvalue weighted by Gasteiger charge is 2.17. The quantitative estimate of drug-likeness (QED) is 0.453. The molecule has 1 aromatic rings. The van der Waals surface area contributed by atoms with Gasteiger partial charge in [-0.3, -0.25) is 10.1 Å². The zero-order valence-electron chi connectivity index (χ0n) is 8.62. The lowest BCUT2D eigenvalue weighted by atomic mass is 10.1. The van der Waals surface area contributed by atoms with Gasteiger partial charge in [0.25, 0.3) is 0 Å². The molecule has 0 aliphatic carbocycles. The fourth-order valence-corrected chi connectivity index (χ4v) is 1.47. The molecule has 15 heavy (non-hydrogen) atoms. The topological polar surface area (TPSA) is 52.4 Å². The monoisotopic (exact) mass is 229 g/mol. The van der Waals surface area contributed by atoms with Crippen molar-refractivity contribution < 1.29 is 9.66 Å². The predicted octanol–water partition coefficient (Wildman–Crippen LogP) is 2.83. The van der Waals surface area contributed by atoms with E-state index in [-0.39, 0.29) is 12.3 Å². The molecule has 0 amide bonds. The van der Waals surface area contributed by atoms with Gasteiger partial charge in [-0.2, -0.15) is 0 Å². The fourth-order valence-electron chi connectivity index (χ4n) is 1.40. The number of alkyl halides is 1. The number of benzene rings is 1. The van der Waals surface area contributed by atoms with E-state index in [1.165, 1.54) is 6.07 Å². The number of nitrogens with zero attached hydrogens (tertiary/aromatic N) is 1. The molecular weight excluding hydrogens is 218 g/mol. The molecule has 0 aliphatic rings. The van der Waals surface area contributed by atoms with Crippen molar-refractivity contribution in [1.29, 1.82) is 0 Å². The SMILES string of the molecule is Cc1cc(C)c(OCCCl)c([N+](=O)[O-])c1. The number of nitro groups is 1. The molecule has 0 saturated heterocycles. The normalized spacial score (nSPS) is 10.1. The Morgan fingerprint density at radius 3 is 2.67 bits per heavy atom. The summed E-state index contributed by atoms with van der Waals surface area (Å²) in [7, 11) is 0. The Hall–Kier alpha value is -1.29. The second-order valence-electron chi connectivity index (χ2n) is 3.22. The third-order valence-electron chi connectivity index (χ3n) is 1.92. The minimum atomic E-state index is -0.441. The van der Waals surface area contributed by atoms with Crippen molar-refractivity contribution in [3.05, 3.63) is 33.4 Å². The van der Waals surface area contributed by atoms with Crippen LogP contribution >= 0.6 is 11.6 Å². The van der Waals surface area contributed by atoms with Crippen molar-refractivity contribution in [2.45, 2.75) is 13.8 Å². The maximum atomic E-state index is 10.8. The first-order chi connectivity index (χ1) is 7.06. The van der Waals surface area contributed by atoms with Crippen molar-refractivity contribution in [2.24, 2.45) is 0 Å². The highest BCUT2D eigenvalue weighted by atomic mass is 35.5. The first-order valence-electron chi connectivity index (χ1n) is 4.50. The molecule has 4 nitrogen and oxygen atoms in total. The molecule has 0 spiro atoms. The summed E-state index contributed by atoms with van der Waals surface area (Å²) in [4.78, 5) is 10.3. The summed E-state index contributed by atoms with van der Waals surface area (Å²) in [5, 5.41) is 10.8. The third kappa shape index (κ3) is 2.83. The largest absolute Gasteiger partial charge is 0.485 e. The minimum absolute atomic E-state index is 0.00221. The van der Waals surface area contributed by atoms with Gasteiger partial charge in [-0.05, 0) is 25.0 Å². The van der Waals surface area contributed by atoms with Crippen molar-refractivity contribution in [2.75, 3.05) is 12.5 Å². The molecule has 0 atom stereocenters. The van der Waals surface area contributed by atoms with E-state index < -0.39 is 4.92 Å².